The fourth-order valence-corrected chi connectivity index (χ4v) is 15.3. The lowest BCUT2D eigenvalue weighted by molar-refractivity contribution is -0.161. The molecular weight excluding hydrogens is 1390 g/mol. The zero-order valence-electron chi connectivity index (χ0n) is 70.6. The van der Waals surface area contributed by atoms with Gasteiger partial charge in [0.2, 0.25) is 0 Å². The molecule has 0 aliphatic carbocycles. The fraction of sp³-hybridized carbons (Fsp3) is 0.955. The van der Waals surface area contributed by atoms with Gasteiger partial charge >= 0.3 is 39.5 Å². The Bertz CT molecular complexity index is 2060. The van der Waals surface area contributed by atoms with Gasteiger partial charge in [0.05, 0.1) is 26.4 Å². The van der Waals surface area contributed by atoms with Crippen molar-refractivity contribution in [1.29, 1.82) is 0 Å². The van der Waals surface area contributed by atoms with Crippen molar-refractivity contribution < 1.29 is 80.2 Å². The monoisotopic (exact) mass is 1560 g/mol. The number of carbonyl (C=O) groups excluding carboxylic acids is 4. The standard InChI is InChI=1S/C88H172O17P2/c1-8-9-10-11-12-48-55-62-69-85(90)98-75-83(104-87(92)72-65-58-51-44-38-32-26-25-29-35-41-47-54-61-68-81(6)7)77-102-106(94,95)100-73-82(89)74-101-107(96,97)103-78-84(105-88(93)71-64-57-50-43-37-31-24-20-16-14-18-22-28-34-40-46-53-60-67-80(4)5)76-99-86(91)70-63-56-49-42-36-30-23-19-15-13-17-21-27-33-39-45-52-59-66-79(2)3/h79-84,89H,8-78H2,1-7H3,(H,94,95)(H,96,97)/t82-,83+,84+/m0/s1. The molecule has 0 fully saturated rings. The fourth-order valence-electron chi connectivity index (χ4n) is 13.7. The average Bonchev–Trinajstić information content (AvgIpc) is 0.902. The molecule has 3 N–H and O–H groups in total. The number of unbranched alkanes of at least 4 members (excludes halogenated alkanes) is 54. The normalized spacial score (nSPS) is 13.8. The highest BCUT2D eigenvalue weighted by Crippen LogP contribution is 2.45. The second kappa shape index (κ2) is 78.0. The summed E-state index contributed by atoms with van der Waals surface area (Å²) in [6, 6.07) is 0. The Labute approximate surface area is 658 Å². The van der Waals surface area contributed by atoms with Crippen LogP contribution in [0.4, 0.5) is 0 Å². The van der Waals surface area contributed by atoms with Crippen molar-refractivity contribution >= 4 is 39.5 Å². The van der Waals surface area contributed by atoms with Crippen molar-refractivity contribution in [2.45, 2.75) is 484 Å². The maximum atomic E-state index is 13.2. The van der Waals surface area contributed by atoms with Gasteiger partial charge in [0.25, 0.3) is 0 Å². The van der Waals surface area contributed by atoms with E-state index >= 15 is 0 Å². The van der Waals surface area contributed by atoms with Gasteiger partial charge in [-0.3, -0.25) is 37.3 Å². The number of phosphoric acid groups is 2. The van der Waals surface area contributed by atoms with E-state index in [2.05, 4.69) is 48.5 Å². The van der Waals surface area contributed by atoms with Crippen LogP contribution < -0.4 is 0 Å². The van der Waals surface area contributed by atoms with Gasteiger partial charge in [0.1, 0.15) is 19.3 Å². The third-order valence-electron chi connectivity index (χ3n) is 20.6. The highest BCUT2D eigenvalue weighted by Gasteiger charge is 2.31. The van der Waals surface area contributed by atoms with Crippen LogP contribution >= 0.6 is 15.6 Å². The molecule has 0 bridgehead atoms. The van der Waals surface area contributed by atoms with Crippen LogP contribution in [0.3, 0.4) is 0 Å². The highest BCUT2D eigenvalue weighted by atomic mass is 31.2. The molecule has 0 rings (SSSR count). The molecule has 0 heterocycles. The summed E-state index contributed by atoms with van der Waals surface area (Å²) in [5, 5.41) is 10.7. The zero-order valence-corrected chi connectivity index (χ0v) is 72.4. The summed E-state index contributed by atoms with van der Waals surface area (Å²) >= 11 is 0. The van der Waals surface area contributed by atoms with Gasteiger partial charge in [-0.15, -0.1) is 0 Å². The van der Waals surface area contributed by atoms with Gasteiger partial charge in [-0.05, 0) is 43.4 Å². The SMILES string of the molecule is CCCCCCCCCCC(=O)OC[C@H](COP(=O)(O)OC[C@H](O)COP(=O)(O)OC[C@@H](COC(=O)CCCCCCCCCCCCCCCCCCCCC(C)C)OC(=O)CCCCCCCCCCCCCCCCCCCCC(C)C)OC(=O)CCCCCCCCCCCCCCCCC(C)C. The molecule has 0 saturated heterocycles. The lowest BCUT2D eigenvalue weighted by Gasteiger charge is -2.21. The number of aliphatic hydroxyl groups excluding tert-OH is 1. The van der Waals surface area contributed by atoms with E-state index in [4.69, 9.17) is 37.0 Å². The Kier molecular flexibility index (Phi) is 76.6. The second-order valence-electron chi connectivity index (χ2n) is 33.1. The van der Waals surface area contributed by atoms with Gasteiger partial charge < -0.3 is 33.8 Å². The molecule has 0 saturated carbocycles. The van der Waals surface area contributed by atoms with Crippen molar-refractivity contribution in [2.24, 2.45) is 17.8 Å². The van der Waals surface area contributed by atoms with Crippen LogP contribution in [0, 0.1) is 17.8 Å². The molecule has 17 nitrogen and oxygen atoms in total. The Balaban J connectivity index is 5.18. The van der Waals surface area contributed by atoms with Gasteiger partial charge in [-0.1, -0.05) is 414 Å². The van der Waals surface area contributed by atoms with E-state index in [9.17, 15) is 43.2 Å². The molecule has 0 radical (unpaired) electrons. The van der Waals surface area contributed by atoms with E-state index < -0.39 is 97.5 Å². The first kappa shape index (κ1) is 105. The molecule has 0 aliphatic rings. The minimum atomic E-state index is -4.97. The molecule has 636 valence electrons. The summed E-state index contributed by atoms with van der Waals surface area (Å²) in [4.78, 5) is 73.2. The van der Waals surface area contributed by atoms with Crippen molar-refractivity contribution in [3.63, 3.8) is 0 Å². The Morgan fingerprint density at radius 1 is 0.252 bits per heavy atom. The van der Waals surface area contributed by atoms with E-state index in [1.54, 1.807) is 0 Å². The predicted octanol–water partition coefficient (Wildman–Crippen LogP) is 26.9. The predicted molar refractivity (Wildman–Crippen MR) is 441 cm³/mol. The Hall–Kier alpha value is -1.94. The van der Waals surface area contributed by atoms with Crippen molar-refractivity contribution in [2.75, 3.05) is 39.6 Å². The average molecular weight is 1560 g/mol. The summed E-state index contributed by atoms with van der Waals surface area (Å²) in [5.74, 6) is 0.334. The largest absolute Gasteiger partial charge is 0.472 e. The van der Waals surface area contributed by atoms with Crippen LogP contribution in [0.25, 0.3) is 0 Å². The van der Waals surface area contributed by atoms with Gasteiger partial charge in [-0.2, -0.15) is 0 Å². The first-order valence-electron chi connectivity index (χ1n) is 45.3. The number of carbonyl (C=O) groups is 4. The zero-order chi connectivity index (χ0) is 78.6. The minimum Gasteiger partial charge on any atom is -0.462 e. The van der Waals surface area contributed by atoms with E-state index in [0.717, 1.165) is 114 Å². The summed E-state index contributed by atoms with van der Waals surface area (Å²) < 4.78 is 68.9. The van der Waals surface area contributed by atoms with Crippen molar-refractivity contribution in [3.8, 4) is 0 Å². The summed E-state index contributed by atoms with van der Waals surface area (Å²) in [6.45, 7) is 12.1. The molecule has 107 heavy (non-hydrogen) atoms. The summed E-state index contributed by atoms with van der Waals surface area (Å²) in [6.07, 6.45) is 69.6. The lowest BCUT2D eigenvalue weighted by atomic mass is 10.0. The molecular formula is C88H172O17P2. The molecule has 0 amide bonds. The molecule has 0 aromatic carbocycles. The number of aliphatic hydroxyl groups is 1. The smallest absolute Gasteiger partial charge is 0.462 e. The number of esters is 4. The first-order chi connectivity index (χ1) is 51.7. The second-order valence-corrected chi connectivity index (χ2v) is 36.0. The van der Waals surface area contributed by atoms with Crippen LogP contribution in [0.15, 0.2) is 0 Å². The van der Waals surface area contributed by atoms with Crippen molar-refractivity contribution in [3.05, 3.63) is 0 Å². The van der Waals surface area contributed by atoms with Crippen molar-refractivity contribution in [1.82, 2.24) is 0 Å². The molecule has 19 heteroatoms. The topological polar surface area (TPSA) is 237 Å². The third kappa shape index (κ3) is 81.9. The van der Waals surface area contributed by atoms with E-state index in [0.29, 0.717) is 25.7 Å². The number of rotatable bonds is 86. The number of ether oxygens (including phenoxy) is 4. The van der Waals surface area contributed by atoms with Gasteiger partial charge in [0.15, 0.2) is 12.2 Å². The molecule has 0 spiro atoms. The molecule has 2 unspecified atom stereocenters. The van der Waals surface area contributed by atoms with Crippen LogP contribution in [0.2, 0.25) is 0 Å². The van der Waals surface area contributed by atoms with Crippen LogP contribution in [-0.4, -0.2) is 96.7 Å². The first-order valence-corrected chi connectivity index (χ1v) is 48.3. The van der Waals surface area contributed by atoms with Gasteiger partial charge in [0, 0.05) is 25.7 Å². The molecule has 0 aromatic heterocycles. The quantitative estimate of drug-likeness (QED) is 0.0222. The minimum absolute atomic E-state index is 0.107. The Morgan fingerprint density at radius 2 is 0.430 bits per heavy atom. The third-order valence-corrected chi connectivity index (χ3v) is 22.5. The molecule has 5 atom stereocenters. The van der Waals surface area contributed by atoms with E-state index in [-0.39, 0.29) is 25.7 Å². The summed E-state index contributed by atoms with van der Waals surface area (Å²) in [7, 11) is -9.93. The number of hydrogen-bond donors (Lipinski definition) is 3. The molecule has 0 aromatic rings. The van der Waals surface area contributed by atoms with E-state index in [1.165, 1.54) is 270 Å². The van der Waals surface area contributed by atoms with Gasteiger partial charge in [-0.25, -0.2) is 9.13 Å². The Morgan fingerprint density at radius 3 is 0.636 bits per heavy atom. The molecule has 0 aliphatic heterocycles. The highest BCUT2D eigenvalue weighted by molar-refractivity contribution is 7.47. The van der Waals surface area contributed by atoms with Crippen LogP contribution in [-0.2, 0) is 65.4 Å². The van der Waals surface area contributed by atoms with Crippen LogP contribution in [0.5, 0.6) is 0 Å². The number of hydrogen-bond acceptors (Lipinski definition) is 15. The summed E-state index contributed by atoms with van der Waals surface area (Å²) in [5.41, 5.74) is 0. The van der Waals surface area contributed by atoms with E-state index in [1.807, 2.05) is 0 Å². The lowest BCUT2D eigenvalue weighted by Crippen LogP contribution is -2.30. The maximum absolute atomic E-state index is 13.2. The number of phosphoric ester groups is 2. The van der Waals surface area contributed by atoms with Crippen LogP contribution in [0.1, 0.15) is 466 Å². The maximum Gasteiger partial charge on any atom is 0.472 e.